The number of nitrogens with zero attached hydrogens (tertiary/aromatic N) is 2. The highest BCUT2D eigenvalue weighted by Crippen LogP contribution is 2.15. The average Bonchev–Trinajstić information content (AvgIpc) is 3.09. The molecule has 0 saturated heterocycles. The number of unbranched alkanes of at least 4 members (excludes halogenated alkanes) is 4. The summed E-state index contributed by atoms with van der Waals surface area (Å²) in [7, 11) is 1.66. The van der Waals surface area contributed by atoms with Crippen LogP contribution in [-0.2, 0) is 20.8 Å². The van der Waals surface area contributed by atoms with Crippen LogP contribution in [0.2, 0.25) is 0 Å². The van der Waals surface area contributed by atoms with Gasteiger partial charge in [-0.15, -0.1) is 11.3 Å². The molecule has 0 saturated carbocycles. The molecule has 1 heterocycles. The number of carbonyl (C=O) groups is 2. The predicted octanol–water partition coefficient (Wildman–Crippen LogP) is 4.05. The summed E-state index contributed by atoms with van der Waals surface area (Å²) in [6.45, 7) is 5.96. The van der Waals surface area contributed by atoms with Gasteiger partial charge in [-0.3, -0.25) is 4.79 Å². The molecule has 0 fully saturated rings. The van der Waals surface area contributed by atoms with Gasteiger partial charge in [0.15, 0.2) is 5.69 Å². The third-order valence-electron chi connectivity index (χ3n) is 3.99. The van der Waals surface area contributed by atoms with E-state index in [0.717, 1.165) is 24.3 Å². The summed E-state index contributed by atoms with van der Waals surface area (Å²) < 4.78 is 10.1. The molecule has 26 heavy (non-hydrogen) atoms. The summed E-state index contributed by atoms with van der Waals surface area (Å²) in [4.78, 5) is 30.5. The minimum absolute atomic E-state index is 0.144. The Morgan fingerprint density at radius 2 is 1.92 bits per heavy atom. The van der Waals surface area contributed by atoms with Crippen molar-refractivity contribution in [1.82, 2.24) is 9.88 Å². The SMILES string of the molecule is CCCCCCCC(=O)N(CCCOC)Cc1nc(C(=O)OCC)cs1. The number of hydrogen-bond acceptors (Lipinski definition) is 6. The fourth-order valence-electron chi connectivity index (χ4n) is 2.58. The molecule has 1 aromatic heterocycles. The zero-order chi connectivity index (χ0) is 19.2. The van der Waals surface area contributed by atoms with Crippen molar-refractivity contribution in [2.24, 2.45) is 0 Å². The molecule has 148 valence electrons. The number of rotatable bonds is 14. The molecular formula is C19H32N2O4S. The van der Waals surface area contributed by atoms with Gasteiger partial charge in [0.2, 0.25) is 5.91 Å². The minimum Gasteiger partial charge on any atom is -0.461 e. The second-order valence-corrected chi connectivity index (χ2v) is 7.12. The first-order chi connectivity index (χ1) is 12.6. The topological polar surface area (TPSA) is 68.7 Å². The van der Waals surface area contributed by atoms with Crippen LogP contribution in [0.1, 0.15) is 74.3 Å². The summed E-state index contributed by atoms with van der Waals surface area (Å²) in [5.74, 6) is -0.270. The zero-order valence-corrected chi connectivity index (χ0v) is 17.1. The van der Waals surface area contributed by atoms with Crippen molar-refractivity contribution in [2.75, 3.05) is 26.9 Å². The van der Waals surface area contributed by atoms with E-state index in [-0.39, 0.29) is 5.91 Å². The van der Waals surface area contributed by atoms with Gasteiger partial charge >= 0.3 is 5.97 Å². The Bertz CT molecular complexity index is 533. The zero-order valence-electron chi connectivity index (χ0n) is 16.3. The van der Waals surface area contributed by atoms with Crippen molar-refractivity contribution in [3.05, 3.63) is 16.1 Å². The van der Waals surface area contributed by atoms with Gasteiger partial charge in [-0.25, -0.2) is 9.78 Å². The maximum absolute atomic E-state index is 12.6. The molecule has 0 atom stereocenters. The monoisotopic (exact) mass is 384 g/mol. The van der Waals surface area contributed by atoms with Crippen molar-refractivity contribution in [2.45, 2.75) is 65.3 Å². The normalized spacial score (nSPS) is 10.7. The van der Waals surface area contributed by atoms with Crippen LogP contribution in [0.25, 0.3) is 0 Å². The lowest BCUT2D eigenvalue weighted by Gasteiger charge is -2.21. The fourth-order valence-corrected chi connectivity index (χ4v) is 3.35. The Labute approximate surface area is 160 Å². The standard InChI is InChI=1S/C19H32N2O4S/c1-4-6-7-8-9-11-18(22)21(12-10-13-24-3)14-17-20-16(15-26-17)19(23)25-5-2/h15H,4-14H2,1-3H3. The number of hydrogen-bond donors (Lipinski definition) is 0. The summed E-state index contributed by atoms with van der Waals surface area (Å²) >= 11 is 1.39. The summed E-state index contributed by atoms with van der Waals surface area (Å²) in [6.07, 6.45) is 6.97. The molecule has 1 rings (SSSR count). The number of amides is 1. The lowest BCUT2D eigenvalue weighted by Crippen LogP contribution is -2.32. The van der Waals surface area contributed by atoms with Crippen LogP contribution in [0.5, 0.6) is 0 Å². The van der Waals surface area contributed by atoms with Gasteiger partial charge in [0.1, 0.15) is 5.01 Å². The summed E-state index contributed by atoms with van der Waals surface area (Å²) in [5, 5.41) is 2.44. The molecule has 0 aromatic carbocycles. The van der Waals surface area contributed by atoms with E-state index in [2.05, 4.69) is 11.9 Å². The Morgan fingerprint density at radius 3 is 2.62 bits per heavy atom. The van der Waals surface area contributed by atoms with E-state index in [1.54, 1.807) is 19.4 Å². The van der Waals surface area contributed by atoms with Crippen molar-refractivity contribution in [3.8, 4) is 0 Å². The Balaban J connectivity index is 2.58. The number of carbonyl (C=O) groups excluding carboxylic acids is 2. The molecule has 0 N–H and O–H groups in total. The number of methoxy groups -OCH3 is 1. The van der Waals surface area contributed by atoms with E-state index in [4.69, 9.17) is 9.47 Å². The first-order valence-electron chi connectivity index (χ1n) is 9.50. The molecule has 7 heteroatoms. The van der Waals surface area contributed by atoms with Crippen LogP contribution in [0.4, 0.5) is 0 Å². The van der Waals surface area contributed by atoms with Gasteiger partial charge in [-0.1, -0.05) is 32.6 Å². The van der Waals surface area contributed by atoms with Crippen molar-refractivity contribution in [1.29, 1.82) is 0 Å². The van der Waals surface area contributed by atoms with Gasteiger partial charge in [0, 0.05) is 32.1 Å². The molecule has 0 bridgehead atoms. The van der Waals surface area contributed by atoms with Crippen molar-refractivity contribution < 1.29 is 19.1 Å². The Morgan fingerprint density at radius 1 is 1.15 bits per heavy atom. The molecule has 0 unspecified atom stereocenters. The van der Waals surface area contributed by atoms with Crippen LogP contribution in [0, 0.1) is 0 Å². The first-order valence-corrected chi connectivity index (χ1v) is 10.4. The highest BCUT2D eigenvalue weighted by molar-refractivity contribution is 7.09. The van der Waals surface area contributed by atoms with Gasteiger partial charge in [0.05, 0.1) is 13.2 Å². The highest BCUT2D eigenvalue weighted by Gasteiger charge is 2.17. The van der Waals surface area contributed by atoms with Crippen LogP contribution in [0.3, 0.4) is 0 Å². The third-order valence-corrected chi connectivity index (χ3v) is 4.82. The maximum atomic E-state index is 12.6. The lowest BCUT2D eigenvalue weighted by molar-refractivity contribution is -0.132. The van der Waals surface area contributed by atoms with Gasteiger partial charge in [-0.2, -0.15) is 0 Å². The highest BCUT2D eigenvalue weighted by atomic mass is 32.1. The minimum atomic E-state index is -0.414. The molecule has 1 aromatic rings. The van der Waals surface area contributed by atoms with Crippen LogP contribution < -0.4 is 0 Å². The molecule has 6 nitrogen and oxygen atoms in total. The largest absolute Gasteiger partial charge is 0.461 e. The van der Waals surface area contributed by atoms with Gasteiger partial charge < -0.3 is 14.4 Å². The predicted molar refractivity (Wildman–Crippen MR) is 103 cm³/mol. The van der Waals surface area contributed by atoms with Crippen LogP contribution >= 0.6 is 11.3 Å². The average molecular weight is 385 g/mol. The Hall–Kier alpha value is -1.47. The molecular weight excluding hydrogens is 352 g/mol. The second-order valence-electron chi connectivity index (χ2n) is 6.17. The molecule has 0 radical (unpaired) electrons. The molecule has 0 spiro atoms. The van der Waals surface area contributed by atoms with E-state index >= 15 is 0 Å². The first kappa shape index (κ1) is 22.6. The smallest absolute Gasteiger partial charge is 0.357 e. The van der Waals surface area contributed by atoms with Gasteiger partial charge in [-0.05, 0) is 19.8 Å². The van der Waals surface area contributed by atoms with Crippen molar-refractivity contribution >= 4 is 23.2 Å². The van der Waals surface area contributed by atoms with Gasteiger partial charge in [0.25, 0.3) is 0 Å². The van der Waals surface area contributed by atoms with Crippen molar-refractivity contribution in [3.63, 3.8) is 0 Å². The van der Waals surface area contributed by atoms with E-state index < -0.39 is 5.97 Å². The van der Waals surface area contributed by atoms with Crippen LogP contribution in [-0.4, -0.2) is 48.6 Å². The van der Waals surface area contributed by atoms with E-state index in [1.807, 2.05) is 4.90 Å². The Kier molecular flexibility index (Phi) is 11.9. The molecule has 0 aliphatic heterocycles. The molecule has 1 amide bonds. The third kappa shape index (κ3) is 8.76. The molecule has 0 aliphatic carbocycles. The van der Waals surface area contributed by atoms with E-state index in [1.165, 1.54) is 30.6 Å². The number of aromatic nitrogens is 1. The quantitative estimate of drug-likeness (QED) is 0.358. The van der Waals surface area contributed by atoms with E-state index in [9.17, 15) is 9.59 Å². The fraction of sp³-hybridized carbons (Fsp3) is 0.737. The molecule has 0 aliphatic rings. The summed E-state index contributed by atoms with van der Waals surface area (Å²) in [5.41, 5.74) is 0.315. The number of thiazole rings is 1. The second kappa shape index (κ2) is 13.7. The maximum Gasteiger partial charge on any atom is 0.357 e. The summed E-state index contributed by atoms with van der Waals surface area (Å²) in [6, 6.07) is 0. The van der Waals surface area contributed by atoms with E-state index in [0.29, 0.717) is 38.4 Å². The number of ether oxygens (including phenoxy) is 2. The number of esters is 1. The lowest BCUT2D eigenvalue weighted by atomic mass is 10.1. The van der Waals surface area contributed by atoms with Crippen LogP contribution in [0.15, 0.2) is 5.38 Å².